The van der Waals surface area contributed by atoms with Gasteiger partial charge in [0.25, 0.3) is 0 Å². The number of rotatable bonds is 3. The Morgan fingerprint density at radius 3 is 2.41 bits per heavy atom. The van der Waals surface area contributed by atoms with E-state index in [0.29, 0.717) is 5.54 Å². The first-order chi connectivity index (χ1) is 13.3. The minimum atomic E-state index is 0.355. The molecule has 3 heterocycles. The lowest BCUT2D eigenvalue weighted by molar-refractivity contribution is 0.206. The lowest BCUT2D eigenvalue weighted by Gasteiger charge is -2.44. The first kappa shape index (κ1) is 17.1. The molecule has 0 atom stereocenters. The van der Waals surface area contributed by atoms with E-state index in [-0.39, 0.29) is 0 Å². The molecule has 1 spiro atoms. The number of nitrogens with zero attached hydrogens (tertiary/aromatic N) is 3. The lowest BCUT2D eigenvalue weighted by atomic mass is 9.86. The van der Waals surface area contributed by atoms with Crippen molar-refractivity contribution >= 4 is 28.7 Å². The van der Waals surface area contributed by atoms with E-state index >= 15 is 0 Å². The van der Waals surface area contributed by atoms with Gasteiger partial charge < -0.3 is 4.90 Å². The van der Waals surface area contributed by atoms with Crippen LogP contribution in [0.15, 0.2) is 71.6 Å². The van der Waals surface area contributed by atoms with Crippen molar-refractivity contribution in [3.05, 3.63) is 66.7 Å². The normalized spacial score (nSPS) is 19.8. The van der Waals surface area contributed by atoms with Gasteiger partial charge in [0.05, 0.1) is 5.52 Å². The van der Waals surface area contributed by atoms with Crippen LogP contribution in [0.25, 0.3) is 10.9 Å². The Bertz CT molecular complexity index is 919. The molecule has 3 nitrogen and oxygen atoms in total. The predicted octanol–water partition coefficient (Wildman–Crippen LogP) is 5.38. The molecule has 0 aliphatic carbocycles. The van der Waals surface area contributed by atoms with Crippen molar-refractivity contribution in [1.29, 1.82) is 0 Å². The quantitative estimate of drug-likeness (QED) is 0.572. The van der Waals surface area contributed by atoms with E-state index < -0.39 is 0 Å². The number of fused-ring (bicyclic) bond motifs is 1. The molecule has 27 heavy (non-hydrogen) atoms. The van der Waals surface area contributed by atoms with Crippen LogP contribution in [0.3, 0.4) is 0 Å². The summed E-state index contributed by atoms with van der Waals surface area (Å²) in [6.45, 7) is 3.39. The molecule has 2 aromatic carbocycles. The maximum atomic E-state index is 4.91. The topological polar surface area (TPSA) is 19.4 Å². The Morgan fingerprint density at radius 2 is 1.56 bits per heavy atom. The van der Waals surface area contributed by atoms with E-state index in [0.717, 1.165) is 24.4 Å². The van der Waals surface area contributed by atoms with Crippen LogP contribution in [-0.2, 0) is 0 Å². The maximum absolute atomic E-state index is 4.91. The highest BCUT2D eigenvalue weighted by Gasteiger charge is 2.43. The van der Waals surface area contributed by atoms with Crippen molar-refractivity contribution in [3.8, 4) is 0 Å². The third-order valence-corrected chi connectivity index (χ3v) is 7.37. The molecular weight excluding hydrogens is 350 g/mol. The smallest absolute Gasteiger partial charge is 0.129 e. The highest BCUT2D eigenvalue weighted by Crippen LogP contribution is 2.44. The summed E-state index contributed by atoms with van der Waals surface area (Å²) in [4.78, 5) is 8.74. The van der Waals surface area contributed by atoms with Gasteiger partial charge in [0.15, 0.2) is 0 Å². The van der Waals surface area contributed by atoms with Gasteiger partial charge in [-0.15, -0.1) is 0 Å². The van der Waals surface area contributed by atoms with E-state index in [9.17, 15) is 0 Å². The molecule has 0 N–H and O–H groups in total. The largest absolute Gasteiger partial charge is 0.356 e. The van der Waals surface area contributed by atoms with E-state index in [4.69, 9.17) is 4.98 Å². The molecule has 2 aliphatic heterocycles. The van der Waals surface area contributed by atoms with Crippen molar-refractivity contribution in [3.63, 3.8) is 0 Å². The molecule has 1 aromatic heterocycles. The van der Waals surface area contributed by atoms with Crippen LogP contribution in [0.2, 0.25) is 0 Å². The van der Waals surface area contributed by atoms with Crippen LogP contribution in [0.4, 0.5) is 5.82 Å². The summed E-state index contributed by atoms with van der Waals surface area (Å²) >= 11 is 1.95. The third kappa shape index (κ3) is 3.32. The standard InChI is InChI=1S/C23H25N3S/c1-2-8-20(9-3-1)27-26-16-6-13-23(26)14-17-25(18-15-23)22-12-11-19-7-4-5-10-21(19)24-22/h1-5,7-12H,6,13-18H2. The number of hydrogen-bond donors (Lipinski definition) is 0. The molecule has 2 aliphatic rings. The zero-order valence-corrected chi connectivity index (χ0v) is 16.4. The van der Waals surface area contributed by atoms with Gasteiger partial charge in [-0.2, -0.15) is 0 Å². The molecule has 5 rings (SSSR count). The SMILES string of the molecule is c1ccc(SN2CCCC23CCN(c2ccc4ccccc4n2)CC3)cc1. The van der Waals surface area contributed by atoms with Crippen LogP contribution in [0.5, 0.6) is 0 Å². The number of para-hydroxylation sites is 1. The Labute approximate surface area is 165 Å². The van der Waals surface area contributed by atoms with Crippen molar-refractivity contribution in [2.45, 2.75) is 36.1 Å². The average molecular weight is 376 g/mol. The van der Waals surface area contributed by atoms with E-state index in [1.54, 1.807) is 0 Å². The maximum Gasteiger partial charge on any atom is 0.129 e. The number of anilines is 1. The summed E-state index contributed by atoms with van der Waals surface area (Å²) in [5, 5.41) is 1.22. The van der Waals surface area contributed by atoms with Crippen LogP contribution in [-0.4, -0.2) is 34.5 Å². The van der Waals surface area contributed by atoms with Crippen molar-refractivity contribution in [2.75, 3.05) is 24.5 Å². The predicted molar refractivity (Wildman–Crippen MR) is 114 cm³/mol. The van der Waals surface area contributed by atoms with E-state index in [2.05, 4.69) is 75.9 Å². The minimum absolute atomic E-state index is 0.355. The molecule has 0 amide bonds. The number of piperidine rings is 1. The molecule has 0 unspecified atom stereocenters. The van der Waals surface area contributed by atoms with Crippen molar-refractivity contribution < 1.29 is 0 Å². The number of hydrogen-bond acceptors (Lipinski definition) is 4. The summed E-state index contributed by atoms with van der Waals surface area (Å²) in [6, 6.07) is 23.6. The summed E-state index contributed by atoms with van der Waals surface area (Å²) in [7, 11) is 0. The van der Waals surface area contributed by atoms with Gasteiger partial charge in [-0.3, -0.25) is 0 Å². The Balaban J connectivity index is 1.31. The highest BCUT2D eigenvalue weighted by molar-refractivity contribution is 7.97. The highest BCUT2D eigenvalue weighted by atomic mass is 32.2. The second kappa shape index (κ2) is 7.17. The zero-order chi connectivity index (χ0) is 18.1. The second-order valence-corrected chi connectivity index (χ2v) is 8.78. The Morgan fingerprint density at radius 1 is 0.778 bits per heavy atom. The number of benzene rings is 2. The van der Waals surface area contributed by atoms with Gasteiger partial charge in [0, 0.05) is 35.5 Å². The summed E-state index contributed by atoms with van der Waals surface area (Å²) in [6.07, 6.45) is 5.09. The van der Waals surface area contributed by atoms with Crippen LogP contribution < -0.4 is 4.90 Å². The summed E-state index contributed by atoms with van der Waals surface area (Å²) in [5.41, 5.74) is 1.45. The minimum Gasteiger partial charge on any atom is -0.356 e. The molecule has 3 aromatic rings. The monoisotopic (exact) mass is 375 g/mol. The van der Waals surface area contributed by atoms with Gasteiger partial charge in [0.1, 0.15) is 5.82 Å². The van der Waals surface area contributed by atoms with E-state index in [1.807, 2.05) is 11.9 Å². The Hall–Kier alpha value is -2.04. The molecule has 0 radical (unpaired) electrons. The fourth-order valence-corrected chi connectivity index (χ4v) is 5.77. The van der Waals surface area contributed by atoms with Gasteiger partial charge in [-0.25, -0.2) is 9.29 Å². The Kier molecular flexibility index (Phi) is 4.54. The molecule has 2 saturated heterocycles. The van der Waals surface area contributed by atoms with Crippen molar-refractivity contribution in [2.24, 2.45) is 0 Å². The van der Waals surface area contributed by atoms with Crippen LogP contribution >= 0.6 is 11.9 Å². The van der Waals surface area contributed by atoms with Crippen LogP contribution in [0.1, 0.15) is 25.7 Å². The lowest BCUT2D eigenvalue weighted by Crippen LogP contribution is -2.50. The van der Waals surface area contributed by atoms with E-state index in [1.165, 1.54) is 42.5 Å². The molecule has 0 bridgehead atoms. The van der Waals surface area contributed by atoms with Crippen LogP contribution in [0, 0.1) is 0 Å². The molecule has 0 saturated carbocycles. The molecular formula is C23H25N3S. The molecule has 2 fully saturated rings. The van der Waals surface area contributed by atoms with Gasteiger partial charge in [-0.05, 0) is 68.0 Å². The number of aromatic nitrogens is 1. The molecule has 138 valence electrons. The van der Waals surface area contributed by atoms with Crippen molar-refractivity contribution in [1.82, 2.24) is 9.29 Å². The van der Waals surface area contributed by atoms with Gasteiger partial charge in [-0.1, -0.05) is 36.4 Å². The first-order valence-electron chi connectivity index (χ1n) is 9.94. The summed E-state index contributed by atoms with van der Waals surface area (Å²) in [5.74, 6) is 1.13. The first-order valence-corrected chi connectivity index (χ1v) is 10.7. The van der Waals surface area contributed by atoms with Gasteiger partial charge in [0.2, 0.25) is 0 Å². The third-order valence-electron chi connectivity index (χ3n) is 6.09. The fourth-order valence-electron chi connectivity index (χ4n) is 4.55. The molecule has 4 heteroatoms. The zero-order valence-electron chi connectivity index (χ0n) is 15.6. The van der Waals surface area contributed by atoms with Gasteiger partial charge >= 0.3 is 0 Å². The summed E-state index contributed by atoms with van der Waals surface area (Å²) < 4.78 is 2.67. The number of pyridine rings is 1. The second-order valence-electron chi connectivity index (χ2n) is 7.68. The average Bonchev–Trinajstić information content (AvgIpc) is 3.10. The fraction of sp³-hybridized carbons (Fsp3) is 0.348.